The smallest absolute Gasteiger partial charge is 0.221 e. The summed E-state index contributed by atoms with van der Waals surface area (Å²) < 4.78 is 7.83. The van der Waals surface area contributed by atoms with Gasteiger partial charge in [-0.15, -0.1) is 0 Å². The van der Waals surface area contributed by atoms with E-state index >= 15 is 0 Å². The van der Waals surface area contributed by atoms with Crippen LogP contribution in [0.25, 0.3) is 11.4 Å². The third-order valence-corrected chi connectivity index (χ3v) is 5.03. The quantitative estimate of drug-likeness (QED) is 0.516. The lowest BCUT2D eigenvalue weighted by Crippen LogP contribution is -2.28. The number of hydrogen-bond acceptors (Lipinski definition) is 4. The zero-order valence-electron chi connectivity index (χ0n) is 16.7. The van der Waals surface area contributed by atoms with Crippen LogP contribution in [0.2, 0.25) is 0 Å². The van der Waals surface area contributed by atoms with Gasteiger partial charge in [0.15, 0.2) is 10.6 Å². The van der Waals surface area contributed by atoms with Crippen molar-refractivity contribution >= 4 is 18.1 Å². The molecule has 0 saturated heterocycles. The van der Waals surface area contributed by atoms with E-state index in [2.05, 4.69) is 34.6 Å². The maximum atomic E-state index is 12.3. The highest BCUT2D eigenvalue weighted by molar-refractivity contribution is 7.71. The molecule has 3 aromatic rings. The van der Waals surface area contributed by atoms with Gasteiger partial charge in [-0.25, -0.2) is 0 Å². The molecule has 7 heteroatoms. The second kappa shape index (κ2) is 10.0. The third-order valence-electron chi connectivity index (χ3n) is 4.72. The zero-order chi connectivity index (χ0) is 20.6. The van der Waals surface area contributed by atoms with Gasteiger partial charge in [0.05, 0.1) is 6.61 Å². The summed E-state index contributed by atoms with van der Waals surface area (Å²) >= 11 is 5.35. The Kier molecular flexibility index (Phi) is 7.19. The molecule has 1 aromatic heterocycles. The van der Waals surface area contributed by atoms with E-state index in [4.69, 9.17) is 17.0 Å². The minimum atomic E-state index is -0.00600. The van der Waals surface area contributed by atoms with Crippen LogP contribution < -0.4 is 10.1 Å². The summed E-state index contributed by atoms with van der Waals surface area (Å²) in [6.07, 6.45) is 0.333. The Morgan fingerprint density at radius 3 is 2.62 bits per heavy atom. The molecule has 29 heavy (non-hydrogen) atoms. The molecule has 1 heterocycles. The van der Waals surface area contributed by atoms with Crippen molar-refractivity contribution < 1.29 is 9.53 Å². The van der Waals surface area contributed by atoms with Crippen molar-refractivity contribution in [3.05, 3.63) is 64.9 Å². The Morgan fingerprint density at radius 1 is 1.21 bits per heavy atom. The standard InChI is InChI=1S/C22H26N4O2S/c1-3-28-19-11-9-18(10-12-19)21-24-25-22(29)26(21)14-13-20(27)23-15-16(2)17-7-5-4-6-8-17/h4-12,16H,3,13-15H2,1-2H3,(H,23,27)(H,25,29). The summed E-state index contributed by atoms with van der Waals surface area (Å²) in [7, 11) is 0. The van der Waals surface area contributed by atoms with Crippen LogP contribution in [0.15, 0.2) is 54.6 Å². The van der Waals surface area contributed by atoms with Gasteiger partial charge in [0.2, 0.25) is 5.91 Å². The van der Waals surface area contributed by atoms with Crippen molar-refractivity contribution in [2.45, 2.75) is 32.7 Å². The number of H-pyrrole nitrogens is 1. The van der Waals surface area contributed by atoms with Gasteiger partial charge in [-0.3, -0.25) is 14.5 Å². The molecule has 6 nitrogen and oxygen atoms in total. The number of aromatic nitrogens is 3. The molecule has 1 unspecified atom stereocenters. The number of rotatable bonds is 9. The van der Waals surface area contributed by atoms with Crippen LogP contribution in [-0.4, -0.2) is 33.8 Å². The summed E-state index contributed by atoms with van der Waals surface area (Å²) in [6, 6.07) is 17.8. The highest BCUT2D eigenvalue weighted by atomic mass is 32.1. The molecule has 0 spiro atoms. The Bertz CT molecular complexity index is 980. The first-order chi connectivity index (χ1) is 14.1. The molecule has 0 fully saturated rings. The van der Waals surface area contributed by atoms with Gasteiger partial charge in [0.25, 0.3) is 0 Å². The summed E-state index contributed by atoms with van der Waals surface area (Å²) in [5, 5.41) is 10.2. The summed E-state index contributed by atoms with van der Waals surface area (Å²) in [6.45, 7) is 5.74. The van der Waals surface area contributed by atoms with E-state index in [0.717, 1.165) is 11.3 Å². The predicted molar refractivity (Wildman–Crippen MR) is 117 cm³/mol. The monoisotopic (exact) mass is 410 g/mol. The second-order valence-electron chi connectivity index (χ2n) is 6.83. The first-order valence-electron chi connectivity index (χ1n) is 9.78. The van der Waals surface area contributed by atoms with E-state index in [1.807, 2.05) is 54.0 Å². The Hall–Kier alpha value is -2.93. The number of nitrogens with one attached hydrogen (secondary N) is 2. The minimum Gasteiger partial charge on any atom is -0.494 e. The van der Waals surface area contributed by atoms with Gasteiger partial charge in [-0.05, 0) is 54.9 Å². The van der Waals surface area contributed by atoms with Crippen molar-refractivity contribution in [2.75, 3.05) is 13.2 Å². The van der Waals surface area contributed by atoms with Gasteiger partial charge in [-0.1, -0.05) is 37.3 Å². The van der Waals surface area contributed by atoms with E-state index in [1.54, 1.807) is 0 Å². The number of carbonyl (C=O) groups excluding carboxylic acids is 1. The first-order valence-corrected chi connectivity index (χ1v) is 10.2. The maximum absolute atomic E-state index is 12.3. The summed E-state index contributed by atoms with van der Waals surface area (Å²) in [5.74, 6) is 1.77. The third kappa shape index (κ3) is 5.54. The van der Waals surface area contributed by atoms with Crippen molar-refractivity contribution in [3.8, 4) is 17.1 Å². The molecular formula is C22H26N4O2S. The van der Waals surface area contributed by atoms with Crippen molar-refractivity contribution in [1.82, 2.24) is 20.1 Å². The number of amides is 1. The predicted octanol–water partition coefficient (Wildman–Crippen LogP) is 4.32. The lowest BCUT2D eigenvalue weighted by molar-refractivity contribution is -0.121. The van der Waals surface area contributed by atoms with Gasteiger partial charge in [0.1, 0.15) is 5.75 Å². The second-order valence-corrected chi connectivity index (χ2v) is 7.21. The van der Waals surface area contributed by atoms with Crippen LogP contribution in [0.4, 0.5) is 0 Å². The van der Waals surface area contributed by atoms with E-state index in [0.29, 0.717) is 36.7 Å². The fraction of sp³-hybridized carbons (Fsp3) is 0.318. The molecule has 2 N–H and O–H groups in total. The fourth-order valence-corrected chi connectivity index (χ4v) is 3.30. The molecule has 0 radical (unpaired) electrons. The molecular weight excluding hydrogens is 384 g/mol. The van der Waals surface area contributed by atoms with Crippen molar-refractivity contribution in [3.63, 3.8) is 0 Å². The van der Waals surface area contributed by atoms with E-state index < -0.39 is 0 Å². The molecule has 0 aliphatic heterocycles. The maximum Gasteiger partial charge on any atom is 0.221 e. The molecule has 0 saturated carbocycles. The molecule has 152 valence electrons. The van der Waals surface area contributed by atoms with Crippen LogP contribution >= 0.6 is 12.2 Å². The summed E-state index contributed by atoms with van der Waals surface area (Å²) in [5.41, 5.74) is 2.13. The molecule has 0 bridgehead atoms. The van der Waals surface area contributed by atoms with Gasteiger partial charge < -0.3 is 10.1 Å². The molecule has 1 atom stereocenters. The first kappa shape index (κ1) is 20.8. The van der Waals surface area contributed by atoms with Crippen LogP contribution in [0.3, 0.4) is 0 Å². The number of carbonyl (C=O) groups is 1. The molecule has 0 aliphatic carbocycles. The number of hydrogen-bond donors (Lipinski definition) is 2. The zero-order valence-corrected chi connectivity index (χ0v) is 17.5. The normalized spacial score (nSPS) is 11.8. The van der Waals surface area contributed by atoms with Crippen LogP contribution in [0.5, 0.6) is 5.75 Å². The molecule has 1 amide bonds. The molecule has 2 aromatic carbocycles. The van der Waals surface area contributed by atoms with E-state index in [1.165, 1.54) is 5.56 Å². The Balaban J connectivity index is 1.58. The van der Waals surface area contributed by atoms with Crippen molar-refractivity contribution in [2.24, 2.45) is 0 Å². The number of ether oxygens (including phenoxy) is 1. The van der Waals surface area contributed by atoms with Crippen LogP contribution in [0.1, 0.15) is 31.7 Å². The van der Waals surface area contributed by atoms with Gasteiger partial charge in [0, 0.05) is 25.1 Å². The number of aromatic amines is 1. The van der Waals surface area contributed by atoms with E-state index in [-0.39, 0.29) is 11.8 Å². The van der Waals surface area contributed by atoms with Gasteiger partial charge in [-0.2, -0.15) is 5.10 Å². The SMILES string of the molecule is CCOc1ccc(-c2n[nH]c(=S)n2CCC(=O)NCC(C)c2ccccc2)cc1. The van der Waals surface area contributed by atoms with Crippen LogP contribution in [0, 0.1) is 4.77 Å². The highest BCUT2D eigenvalue weighted by Crippen LogP contribution is 2.21. The highest BCUT2D eigenvalue weighted by Gasteiger charge is 2.12. The topological polar surface area (TPSA) is 71.9 Å². The van der Waals surface area contributed by atoms with E-state index in [9.17, 15) is 4.79 Å². The van der Waals surface area contributed by atoms with Crippen molar-refractivity contribution in [1.29, 1.82) is 0 Å². The van der Waals surface area contributed by atoms with Gasteiger partial charge >= 0.3 is 0 Å². The van der Waals surface area contributed by atoms with Crippen LogP contribution in [-0.2, 0) is 11.3 Å². The lowest BCUT2D eigenvalue weighted by atomic mass is 10.0. The largest absolute Gasteiger partial charge is 0.494 e. The Morgan fingerprint density at radius 2 is 1.93 bits per heavy atom. The molecule has 0 aliphatic rings. The molecule has 3 rings (SSSR count). The average Bonchev–Trinajstić information content (AvgIpc) is 3.12. The minimum absolute atomic E-state index is 0.00600. The average molecular weight is 411 g/mol. The number of benzene rings is 2. The number of nitrogens with zero attached hydrogens (tertiary/aromatic N) is 2. The Labute approximate surface area is 175 Å². The fourth-order valence-electron chi connectivity index (χ4n) is 3.08. The summed E-state index contributed by atoms with van der Waals surface area (Å²) in [4.78, 5) is 12.3. The lowest BCUT2D eigenvalue weighted by Gasteiger charge is -2.13.